The Bertz CT molecular complexity index is 3510. The zero-order valence-electron chi connectivity index (χ0n) is 39.7. The molecule has 4 aromatic heterocycles. The van der Waals surface area contributed by atoms with E-state index in [9.17, 15) is 35.9 Å². The number of hydrogen-bond acceptors (Lipinski definition) is 8. The van der Waals surface area contributed by atoms with E-state index in [1.807, 2.05) is 36.4 Å². The van der Waals surface area contributed by atoms with E-state index in [1.54, 1.807) is 33.6 Å². The number of halogens is 6. The molecule has 10 rings (SSSR count). The molecule has 2 aliphatic carbocycles. The van der Waals surface area contributed by atoms with Crippen LogP contribution in [0.25, 0.3) is 54.0 Å². The van der Waals surface area contributed by atoms with E-state index >= 15 is 0 Å². The van der Waals surface area contributed by atoms with Gasteiger partial charge in [-0.05, 0) is 121 Å². The number of nitrogen functional groups attached to an aromatic ring is 2. The van der Waals surface area contributed by atoms with Crippen molar-refractivity contribution in [3.05, 3.63) is 155 Å². The number of aryl methyl sites for hydroxylation is 1. The molecule has 22 heteroatoms. The van der Waals surface area contributed by atoms with Gasteiger partial charge in [0.2, 0.25) is 13.1 Å². The number of nitrogens with two attached hydrogens (primary N) is 2. The summed E-state index contributed by atoms with van der Waals surface area (Å²) < 4.78 is 81.0. The molecule has 2 fully saturated rings. The Labute approximate surface area is 424 Å². The summed E-state index contributed by atoms with van der Waals surface area (Å²) in [5, 5.41) is 20.4. The van der Waals surface area contributed by atoms with Crippen molar-refractivity contribution in [2.75, 3.05) is 45.8 Å². The molecule has 4 amide bonds. The first-order chi connectivity index (χ1) is 35.9. The van der Waals surface area contributed by atoms with Crippen molar-refractivity contribution in [2.45, 2.75) is 69.4 Å². The minimum absolute atomic E-state index is 0.0291. The van der Waals surface area contributed by atoms with E-state index in [4.69, 9.17) is 34.6 Å². The number of alkyl halides is 6. The predicted molar refractivity (Wildman–Crippen MR) is 274 cm³/mol. The van der Waals surface area contributed by atoms with Gasteiger partial charge in [0.1, 0.15) is 6.54 Å². The summed E-state index contributed by atoms with van der Waals surface area (Å²) in [4.78, 5) is 41.2. The van der Waals surface area contributed by atoms with Gasteiger partial charge in [-0.3, -0.25) is 0 Å². The Balaban J connectivity index is 0.000000184. The number of nitrogens with zero attached hydrogens (tertiary/aromatic N) is 8. The topological polar surface area (TPSA) is 204 Å². The molecule has 8 aromatic rings. The normalized spacial score (nSPS) is 13.3. The second-order valence-corrected chi connectivity index (χ2v) is 17.9. The van der Waals surface area contributed by atoms with Gasteiger partial charge in [0.25, 0.3) is 0 Å². The van der Waals surface area contributed by atoms with E-state index in [0.717, 1.165) is 89.0 Å². The number of amides is 4. The summed E-state index contributed by atoms with van der Waals surface area (Å²) in [5.41, 5.74) is 18.5. The van der Waals surface area contributed by atoms with Crippen molar-refractivity contribution in [3.63, 3.8) is 0 Å². The van der Waals surface area contributed by atoms with Crippen LogP contribution in [0.4, 0.5) is 70.3 Å². The number of urea groups is 2. The number of hydrogen-bond donors (Lipinski definition) is 6. The molecular formula is C53H46F6N14O2. The van der Waals surface area contributed by atoms with Crippen molar-refractivity contribution in [3.8, 4) is 22.3 Å². The number of rotatable bonds is 13. The third-order valence-electron chi connectivity index (χ3n) is 12.4. The van der Waals surface area contributed by atoms with Crippen molar-refractivity contribution in [1.29, 1.82) is 0 Å². The monoisotopic (exact) mass is 1020 g/mol. The zero-order valence-corrected chi connectivity index (χ0v) is 39.7. The highest BCUT2D eigenvalue weighted by Gasteiger charge is 2.32. The minimum atomic E-state index is -4.50. The van der Waals surface area contributed by atoms with Gasteiger partial charge in [-0.15, -0.1) is 0 Å². The van der Waals surface area contributed by atoms with Crippen LogP contribution in [-0.4, -0.2) is 54.7 Å². The van der Waals surface area contributed by atoms with Crippen LogP contribution in [0.5, 0.6) is 0 Å². The fraction of sp³-hybridized carbons (Fsp3) is 0.245. The summed E-state index contributed by atoms with van der Waals surface area (Å²) in [6.07, 6.45) is -4.08. The smallest absolute Gasteiger partial charge is 0.382 e. The number of pyridine rings is 2. The van der Waals surface area contributed by atoms with Gasteiger partial charge in [-0.25, -0.2) is 42.1 Å². The molecule has 0 spiro atoms. The average Bonchev–Trinajstić information content (AvgIpc) is 4.34. The van der Waals surface area contributed by atoms with Crippen LogP contribution in [0.2, 0.25) is 0 Å². The first kappa shape index (κ1) is 50.7. The third-order valence-corrected chi connectivity index (χ3v) is 12.4. The second-order valence-electron chi connectivity index (χ2n) is 17.9. The first-order valence-electron chi connectivity index (χ1n) is 23.7. The highest BCUT2D eigenvalue weighted by Crippen LogP contribution is 2.44. The van der Waals surface area contributed by atoms with Crippen LogP contribution in [0.1, 0.15) is 66.5 Å². The number of carbonyl (C=O) groups is 2. The van der Waals surface area contributed by atoms with Crippen molar-refractivity contribution < 1.29 is 35.9 Å². The summed E-state index contributed by atoms with van der Waals surface area (Å²) in [7, 11) is 0. The molecule has 0 aliphatic heterocycles. The van der Waals surface area contributed by atoms with Gasteiger partial charge < -0.3 is 42.4 Å². The summed E-state index contributed by atoms with van der Waals surface area (Å²) in [6.45, 7) is 15.7. The Hall–Kier alpha value is -9.18. The van der Waals surface area contributed by atoms with E-state index in [1.165, 1.54) is 24.3 Å². The summed E-state index contributed by atoms with van der Waals surface area (Å²) >= 11 is 0. The van der Waals surface area contributed by atoms with Gasteiger partial charge >= 0.3 is 24.4 Å². The molecule has 0 atom stereocenters. The maximum Gasteiger partial charge on any atom is 0.416 e. The van der Waals surface area contributed by atoms with E-state index in [0.29, 0.717) is 77.6 Å². The lowest BCUT2D eigenvalue weighted by Gasteiger charge is -2.12. The number of fused-ring (bicyclic) bond motifs is 2. The average molecular weight is 1030 g/mol. The fourth-order valence-electron chi connectivity index (χ4n) is 8.42. The number of benzene rings is 4. The largest absolute Gasteiger partial charge is 0.416 e. The van der Waals surface area contributed by atoms with Crippen molar-refractivity contribution >= 4 is 68.5 Å². The van der Waals surface area contributed by atoms with Crippen LogP contribution in [0, 0.1) is 13.1 Å². The van der Waals surface area contributed by atoms with Crippen LogP contribution in [0.3, 0.4) is 0 Å². The maximum absolute atomic E-state index is 12.9. The SMILES string of the molecule is [C-]#[N+]CCCn1nc(N)c2c(-c3ccc(NC(=O)Nc4cccc(C(F)(F)F)c4)cc3)cc(C3CC3)nc21.[C-]#[N+]CCn1nc(N)c2c(-c3ccc(NC(=O)Nc4cccc(C(F)(F)F)c4)cc3)cc(C3CC3)nc21. The molecule has 0 unspecified atom stereocenters. The van der Waals surface area contributed by atoms with Crippen LogP contribution in [-0.2, 0) is 25.4 Å². The number of aromatic nitrogens is 6. The lowest BCUT2D eigenvalue weighted by Crippen LogP contribution is -2.19. The van der Waals surface area contributed by atoms with Gasteiger partial charge in [-0.2, -0.15) is 36.5 Å². The lowest BCUT2D eigenvalue weighted by molar-refractivity contribution is -0.138. The lowest BCUT2D eigenvalue weighted by atomic mass is 10.0. The molecule has 382 valence electrons. The molecule has 75 heavy (non-hydrogen) atoms. The molecular weight excluding hydrogens is 979 g/mol. The first-order valence-corrected chi connectivity index (χ1v) is 23.7. The number of anilines is 6. The molecule has 8 N–H and O–H groups in total. The highest BCUT2D eigenvalue weighted by atomic mass is 19.4. The quantitative estimate of drug-likeness (QED) is 0.0371. The molecule has 2 saturated carbocycles. The third kappa shape index (κ3) is 12.0. The van der Waals surface area contributed by atoms with Gasteiger partial charge in [0, 0.05) is 52.4 Å². The molecule has 2 aliphatic rings. The second kappa shape index (κ2) is 21.1. The number of carbonyl (C=O) groups excluding carboxylic acids is 2. The fourth-order valence-corrected chi connectivity index (χ4v) is 8.42. The van der Waals surface area contributed by atoms with Gasteiger partial charge in [0.05, 0.1) is 28.4 Å². The molecule has 0 radical (unpaired) electrons. The van der Waals surface area contributed by atoms with E-state index in [2.05, 4.69) is 41.2 Å². The summed E-state index contributed by atoms with van der Waals surface area (Å²) in [6, 6.07) is 25.7. The maximum atomic E-state index is 12.9. The van der Waals surface area contributed by atoms with Crippen molar-refractivity contribution in [1.82, 2.24) is 29.5 Å². The van der Waals surface area contributed by atoms with Crippen LogP contribution < -0.4 is 32.7 Å². The van der Waals surface area contributed by atoms with Crippen molar-refractivity contribution in [2.24, 2.45) is 0 Å². The van der Waals surface area contributed by atoms with Crippen LogP contribution >= 0.6 is 0 Å². The molecule has 0 bridgehead atoms. The highest BCUT2D eigenvalue weighted by molar-refractivity contribution is 6.03. The van der Waals surface area contributed by atoms with Crippen LogP contribution in [0.15, 0.2) is 109 Å². The Morgan fingerprint density at radius 3 is 1.35 bits per heavy atom. The molecule has 16 nitrogen and oxygen atoms in total. The predicted octanol–water partition coefficient (Wildman–Crippen LogP) is 12.7. The number of nitrogens with one attached hydrogen (secondary N) is 4. The Morgan fingerprint density at radius 2 is 0.960 bits per heavy atom. The Kier molecular flexibility index (Phi) is 14.3. The van der Waals surface area contributed by atoms with Gasteiger partial charge in [-0.1, -0.05) is 36.4 Å². The van der Waals surface area contributed by atoms with Gasteiger partial charge in [0.15, 0.2) is 22.9 Å². The zero-order chi connectivity index (χ0) is 53.0. The molecule has 0 saturated heterocycles. The molecule has 4 heterocycles. The van der Waals surface area contributed by atoms with E-state index in [-0.39, 0.29) is 17.9 Å². The van der Waals surface area contributed by atoms with E-state index < -0.39 is 35.5 Å². The Morgan fingerprint density at radius 1 is 0.560 bits per heavy atom. The standard InChI is InChI=1S/C27H24F3N7O.C26H22F3N7O/c1-32-12-3-13-37-25-23(24(31)36-37)21(15-22(35-25)17-6-7-17)16-8-10-19(11-9-16)33-26(38)34-20-5-2-4-18(14-20)27(28,29)30;1-31-11-12-36-24-22(23(30)35-36)20(14-21(34-24)16-5-6-16)15-7-9-18(10-8-15)32-25(37)33-19-4-2-3-17(13-19)26(27,28)29/h2,4-5,8-11,14-15,17H,3,6-7,12-13H2,(H2,31,36)(H2,33,34,38);2-4,7-10,13-14,16H,5-6,11-12H2,(H2,30,35)(H2,32,33,37). The summed E-state index contributed by atoms with van der Waals surface area (Å²) in [5.74, 6) is 1.46. The molecule has 4 aromatic carbocycles. The minimum Gasteiger partial charge on any atom is -0.382 e.